The molecule has 0 spiro atoms. The summed E-state index contributed by atoms with van der Waals surface area (Å²) in [5, 5.41) is 1.24. The number of para-hydroxylation sites is 1. The molecule has 4 nitrogen and oxygen atoms in total. The number of pyridine rings is 1. The van der Waals surface area contributed by atoms with Gasteiger partial charge in [0.05, 0.1) is 9.92 Å². The van der Waals surface area contributed by atoms with E-state index in [2.05, 4.69) is 77.5 Å². The van der Waals surface area contributed by atoms with Gasteiger partial charge >= 0.3 is 0 Å². The maximum absolute atomic E-state index is 10.4. The van der Waals surface area contributed by atoms with E-state index < -0.39 is 10.1 Å². The lowest BCUT2D eigenvalue weighted by atomic mass is 10.2. The molecule has 0 amide bonds. The largest absolute Gasteiger partial charge is 0.744 e. The van der Waals surface area contributed by atoms with Crippen LogP contribution in [0, 0.1) is 0 Å². The molecule has 28 heavy (non-hydrogen) atoms. The van der Waals surface area contributed by atoms with Gasteiger partial charge in [0.1, 0.15) is 10.1 Å². The van der Waals surface area contributed by atoms with E-state index in [0.717, 1.165) is 6.54 Å². The summed E-state index contributed by atoms with van der Waals surface area (Å²) in [7, 11) is -4.42. The van der Waals surface area contributed by atoms with Crippen LogP contribution >= 0.6 is 11.6 Å². The van der Waals surface area contributed by atoms with Crippen molar-refractivity contribution in [3.05, 3.63) is 108 Å². The lowest BCUT2D eigenvalue weighted by Crippen LogP contribution is -2.34. The van der Waals surface area contributed by atoms with Crippen molar-refractivity contribution in [1.29, 1.82) is 0 Å². The molecule has 3 aromatic carbocycles. The van der Waals surface area contributed by atoms with Crippen LogP contribution < -0.4 is 4.57 Å². The van der Waals surface area contributed by atoms with Gasteiger partial charge in [0.2, 0.25) is 5.52 Å². The predicted molar refractivity (Wildman–Crippen MR) is 109 cm³/mol. The molecule has 0 unspecified atom stereocenters. The lowest BCUT2D eigenvalue weighted by Gasteiger charge is -2.07. The number of nitrogens with zero attached hydrogens (tertiary/aromatic N) is 1. The Hall–Kier alpha value is -2.73. The van der Waals surface area contributed by atoms with Gasteiger partial charge in [0, 0.05) is 23.1 Å². The van der Waals surface area contributed by atoms with Crippen LogP contribution in [0.3, 0.4) is 0 Å². The van der Waals surface area contributed by atoms with Crippen LogP contribution in [0.4, 0.5) is 0 Å². The van der Waals surface area contributed by atoms with Gasteiger partial charge in [-0.25, -0.2) is 8.42 Å². The third-order valence-electron chi connectivity index (χ3n) is 4.09. The number of rotatable bonds is 3. The highest BCUT2D eigenvalue weighted by Crippen LogP contribution is 2.19. The van der Waals surface area contributed by atoms with E-state index in [-0.39, 0.29) is 9.92 Å². The first kappa shape index (κ1) is 20.0. The minimum absolute atomic E-state index is 0.0394. The minimum atomic E-state index is -4.42. The fourth-order valence-electron chi connectivity index (χ4n) is 2.79. The van der Waals surface area contributed by atoms with Gasteiger partial charge in [-0.2, -0.15) is 4.57 Å². The highest BCUT2D eigenvalue weighted by Gasteiger charge is 2.07. The monoisotopic (exact) mass is 411 g/mol. The minimum Gasteiger partial charge on any atom is -0.744 e. The molecule has 0 aliphatic rings. The molecule has 0 aliphatic heterocycles. The second kappa shape index (κ2) is 8.97. The summed E-state index contributed by atoms with van der Waals surface area (Å²) in [4.78, 5) is -0.373. The smallest absolute Gasteiger partial charge is 0.212 e. The molecule has 0 fully saturated rings. The molecule has 0 radical (unpaired) electrons. The molecule has 1 aromatic heterocycles. The van der Waals surface area contributed by atoms with Crippen molar-refractivity contribution in [3.63, 3.8) is 0 Å². The maximum Gasteiger partial charge on any atom is 0.212 e. The van der Waals surface area contributed by atoms with Gasteiger partial charge in [-0.15, -0.1) is 0 Å². The van der Waals surface area contributed by atoms with Gasteiger partial charge in [-0.1, -0.05) is 66.2 Å². The Morgan fingerprint density at radius 1 is 0.786 bits per heavy atom. The highest BCUT2D eigenvalue weighted by atomic mass is 35.5. The quantitative estimate of drug-likeness (QED) is 0.370. The van der Waals surface area contributed by atoms with Crippen LogP contribution in [0.1, 0.15) is 5.56 Å². The summed E-state index contributed by atoms with van der Waals surface area (Å²) >= 11 is 5.43. The summed E-state index contributed by atoms with van der Waals surface area (Å²) < 4.78 is 33.5. The number of hydrogen-bond donors (Lipinski definition) is 0. The zero-order valence-corrected chi connectivity index (χ0v) is 16.5. The van der Waals surface area contributed by atoms with E-state index in [4.69, 9.17) is 11.6 Å². The maximum atomic E-state index is 10.4. The Kier molecular flexibility index (Phi) is 6.41. The van der Waals surface area contributed by atoms with Crippen molar-refractivity contribution >= 4 is 32.6 Å². The van der Waals surface area contributed by atoms with Crippen molar-refractivity contribution in [2.75, 3.05) is 0 Å². The molecule has 0 atom stereocenters. The SMILES string of the molecule is O=S(=O)([O-])c1ccccc1Cl.c1ccc(C[n+]2cccc3ccccc32)cc1. The Balaban J connectivity index is 0.000000178. The van der Waals surface area contributed by atoms with Crippen LogP contribution in [-0.4, -0.2) is 13.0 Å². The van der Waals surface area contributed by atoms with E-state index in [0.29, 0.717) is 0 Å². The second-order valence-electron chi connectivity index (χ2n) is 6.07. The van der Waals surface area contributed by atoms with E-state index in [1.807, 2.05) is 0 Å². The zero-order valence-electron chi connectivity index (χ0n) is 14.9. The Labute approximate surface area is 169 Å². The topological polar surface area (TPSA) is 61.1 Å². The van der Waals surface area contributed by atoms with E-state index >= 15 is 0 Å². The van der Waals surface area contributed by atoms with Crippen molar-refractivity contribution < 1.29 is 17.5 Å². The summed E-state index contributed by atoms with van der Waals surface area (Å²) in [6.07, 6.45) is 2.13. The van der Waals surface area contributed by atoms with Crippen LogP contribution in [0.2, 0.25) is 5.02 Å². The standard InChI is InChI=1S/C16H14N.C6H5ClO3S/c1-2-7-14(8-3-1)13-17-12-6-10-15-9-4-5-11-16(15)17;7-5-3-1-2-4-6(5)11(8,9)10/h1-12H,13H2;1-4H,(H,8,9,10)/q+1;/p-1. The summed E-state index contributed by atoms with van der Waals surface area (Å²) in [5.41, 5.74) is 2.60. The van der Waals surface area contributed by atoms with Crippen LogP contribution in [0.5, 0.6) is 0 Å². The third kappa shape index (κ3) is 5.16. The molecule has 4 aromatic rings. The van der Waals surface area contributed by atoms with Gasteiger partial charge in [-0.3, -0.25) is 0 Å². The Morgan fingerprint density at radius 3 is 2.07 bits per heavy atom. The fraction of sp³-hybridized carbons (Fsp3) is 0.0455. The zero-order chi connectivity index (χ0) is 20.0. The van der Waals surface area contributed by atoms with Crippen LogP contribution in [-0.2, 0) is 16.7 Å². The van der Waals surface area contributed by atoms with E-state index in [1.165, 1.54) is 34.7 Å². The molecule has 0 bridgehead atoms. The Morgan fingerprint density at radius 2 is 1.39 bits per heavy atom. The molecule has 0 aliphatic carbocycles. The van der Waals surface area contributed by atoms with Crippen molar-refractivity contribution in [2.24, 2.45) is 0 Å². The van der Waals surface area contributed by atoms with Gasteiger partial charge in [0.15, 0.2) is 12.7 Å². The normalized spacial score (nSPS) is 10.9. The summed E-state index contributed by atoms with van der Waals surface area (Å²) in [5.74, 6) is 0. The summed E-state index contributed by atoms with van der Waals surface area (Å²) in [6.45, 7) is 0.919. The first-order valence-corrected chi connectivity index (χ1v) is 10.4. The van der Waals surface area contributed by atoms with Gasteiger partial charge < -0.3 is 4.55 Å². The molecule has 0 N–H and O–H groups in total. The van der Waals surface area contributed by atoms with E-state index in [1.54, 1.807) is 6.07 Å². The molecule has 4 rings (SSSR count). The second-order valence-corrected chi connectivity index (χ2v) is 7.82. The molecular formula is C22H18ClNO3S. The highest BCUT2D eigenvalue weighted by molar-refractivity contribution is 7.85. The predicted octanol–water partition coefficient (Wildman–Crippen LogP) is 4.42. The number of aromatic nitrogens is 1. The molecule has 0 saturated carbocycles. The molecule has 6 heteroatoms. The number of hydrogen-bond acceptors (Lipinski definition) is 3. The van der Waals surface area contributed by atoms with Gasteiger partial charge in [0.25, 0.3) is 0 Å². The van der Waals surface area contributed by atoms with Crippen LogP contribution in [0.15, 0.2) is 102 Å². The fourth-order valence-corrected chi connectivity index (χ4v) is 3.76. The van der Waals surface area contributed by atoms with Crippen molar-refractivity contribution in [2.45, 2.75) is 11.4 Å². The first-order valence-electron chi connectivity index (χ1n) is 8.57. The first-order chi connectivity index (χ1) is 13.4. The average Bonchev–Trinajstić information content (AvgIpc) is 2.69. The summed E-state index contributed by atoms with van der Waals surface area (Å²) in [6, 6.07) is 28.8. The number of benzene rings is 3. The molecule has 0 saturated heterocycles. The van der Waals surface area contributed by atoms with Crippen molar-refractivity contribution in [1.82, 2.24) is 0 Å². The van der Waals surface area contributed by atoms with E-state index in [9.17, 15) is 13.0 Å². The molecule has 142 valence electrons. The van der Waals surface area contributed by atoms with Crippen LogP contribution in [0.25, 0.3) is 10.9 Å². The average molecular weight is 412 g/mol. The lowest BCUT2D eigenvalue weighted by molar-refractivity contribution is -0.662. The van der Waals surface area contributed by atoms with Crippen molar-refractivity contribution in [3.8, 4) is 0 Å². The number of halogens is 1. The van der Waals surface area contributed by atoms with Gasteiger partial charge in [-0.05, 0) is 24.3 Å². The molecular weight excluding hydrogens is 394 g/mol. The third-order valence-corrected chi connectivity index (χ3v) is 5.43. The Bertz CT molecular complexity index is 1170. The number of fused-ring (bicyclic) bond motifs is 1. The molecule has 1 heterocycles.